The first-order valence-electron chi connectivity index (χ1n) is 10.1. The SMILES string of the molecule is CCN1CCN(c2ccccc2NC(=O)C[C@H](NC(N)=O)c2ccccc2F)CC1. The Hall–Kier alpha value is -3.13. The lowest BCUT2D eigenvalue weighted by atomic mass is 10.0. The predicted octanol–water partition coefficient (Wildman–Crippen LogP) is 2.71. The molecule has 2 aromatic carbocycles. The molecule has 0 aromatic heterocycles. The molecule has 0 spiro atoms. The molecule has 7 nitrogen and oxygen atoms in total. The van der Waals surface area contributed by atoms with Gasteiger partial charge in [0.25, 0.3) is 0 Å². The number of likely N-dealkylation sites (N-methyl/N-ethyl adjacent to an activating group) is 1. The Morgan fingerprint density at radius 1 is 1.07 bits per heavy atom. The zero-order valence-corrected chi connectivity index (χ0v) is 17.1. The van der Waals surface area contributed by atoms with Crippen molar-refractivity contribution < 1.29 is 14.0 Å². The fraction of sp³-hybridized carbons (Fsp3) is 0.364. The zero-order chi connectivity index (χ0) is 21.5. The summed E-state index contributed by atoms with van der Waals surface area (Å²) in [7, 11) is 0. The molecule has 160 valence electrons. The lowest BCUT2D eigenvalue weighted by molar-refractivity contribution is -0.116. The lowest BCUT2D eigenvalue weighted by Crippen LogP contribution is -2.46. The summed E-state index contributed by atoms with van der Waals surface area (Å²) >= 11 is 0. The lowest BCUT2D eigenvalue weighted by Gasteiger charge is -2.36. The Balaban J connectivity index is 1.72. The molecule has 3 rings (SSSR count). The first kappa shape index (κ1) is 21.6. The number of primary amides is 1. The summed E-state index contributed by atoms with van der Waals surface area (Å²) in [6.07, 6.45) is -0.137. The summed E-state index contributed by atoms with van der Waals surface area (Å²) in [5.74, 6) is -0.838. The van der Waals surface area contributed by atoms with Crippen molar-refractivity contribution >= 4 is 23.3 Å². The van der Waals surface area contributed by atoms with Crippen LogP contribution in [0, 0.1) is 5.82 Å². The quantitative estimate of drug-likeness (QED) is 0.651. The van der Waals surface area contributed by atoms with Crippen LogP contribution in [0.2, 0.25) is 0 Å². The van der Waals surface area contributed by atoms with Gasteiger partial charge in [-0.15, -0.1) is 0 Å². The van der Waals surface area contributed by atoms with Gasteiger partial charge in [0.05, 0.1) is 23.8 Å². The molecule has 1 fully saturated rings. The molecule has 3 amide bonds. The summed E-state index contributed by atoms with van der Waals surface area (Å²) in [4.78, 5) is 28.8. The van der Waals surface area contributed by atoms with Gasteiger partial charge in [-0.2, -0.15) is 0 Å². The number of carbonyl (C=O) groups is 2. The molecule has 2 aromatic rings. The maximum atomic E-state index is 14.2. The van der Waals surface area contributed by atoms with E-state index in [0.717, 1.165) is 38.4 Å². The van der Waals surface area contributed by atoms with Crippen LogP contribution >= 0.6 is 0 Å². The number of nitrogens with zero attached hydrogens (tertiary/aromatic N) is 2. The van der Waals surface area contributed by atoms with E-state index in [1.807, 2.05) is 24.3 Å². The fourth-order valence-corrected chi connectivity index (χ4v) is 3.71. The number of hydrogen-bond acceptors (Lipinski definition) is 4. The van der Waals surface area contributed by atoms with Crippen molar-refractivity contribution in [1.82, 2.24) is 10.2 Å². The molecule has 0 aliphatic carbocycles. The number of amides is 3. The number of carbonyl (C=O) groups excluding carboxylic acids is 2. The maximum absolute atomic E-state index is 14.2. The smallest absolute Gasteiger partial charge is 0.312 e. The van der Waals surface area contributed by atoms with Crippen LogP contribution < -0.4 is 21.3 Å². The summed E-state index contributed by atoms with van der Waals surface area (Å²) in [5.41, 5.74) is 7.10. The van der Waals surface area contributed by atoms with Crippen molar-refractivity contribution in [2.24, 2.45) is 5.73 Å². The molecule has 1 aliphatic rings. The molecular weight excluding hydrogens is 385 g/mol. The fourth-order valence-electron chi connectivity index (χ4n) is 3.71. The number of piperazine rings is 1. The molecule has 1 aliphatic heterocycles. The van der Waals surface area contributed by atoms with Crippen molar-refractivity contribution in [3.8, 4) is 0 Å². The number of benzene rings is 2. The minimum absolute atomic E-state index is 0.137. The maximum Gasteiger partial charge on any atom is 0.312 e. The van der Waals surface area contributed by atoms with Crippen molar-refractivity contribution in [3.63, 3.8) is 0 Å². The Morgan fingerprint density at radius 3 is 2.40 bits per heavy atom. The zero-order valence-electron chi connectivity index (χ0n) is 17.1. The van der Waals surface area contributed by atoms with Gasteiger partial charge in [0.1, 0.15) is 5.82 Å². The average Bonchev–Trinajstić information content (AvgIpc) is 2.74. The van der Waals surface area contributed by atoms with Gasteiger partial charge in [-0.3, -0.25) is 4.79 Å². The predicted molar refractivity (Wildman–Crippen MR) is 116 cm³/mol. The highest BCUT2D eigenvalue weighted by Gasteiger charge is 2.22. The second-order valence-corrected chi connectivity index (χ2v) is 7.27. The third-order valence-corrected chi connectivity index (χ3v) is 5.32. The topological polar surface area (TPSA) is 90.7 Å². The number of hydrogen-bond donors (Lipinski definition) is 3. The molecule has 4 N–H and O–H groups in total. The van der Waals surface area contributed by atoms with E-state index in [1.165, 1.54) is 12.1 Å². The number of nitrogens with two attached hydrogens (primary N) is 1. The van der Waals surface area contributed by atoms with Crippen molar-refractivity contribution in [3.05, 3.63) is 59.9 Å². The first-order chi connectivity index (χ1) is 14.5. The van der Waals surface area contributed by atoms with Crippen LogP contribution in [-0.4, -0.2) is 49.6 Å². The Kier molecular flexibility index (Phi) is 7.24. The van der Waals surface area contributed by atoms with E-state index in [0.29, 0.717) is 5.69 Å². The molecule has 30 heavy (non-hydrogen) atoms. The standard InChI is InChI=1S/C22H28FN5O2/c1-2-27-11-13-28(14-12-27)20-10-6-5-9-18(20)25-21(29)15-19(26-22(24)30)16-7-3-4-8-17(16)23/h3-10,19H,2,11-15H2,1H3,(H,25,29)(H3,24,26,30)/t19-/m0/s1. The second kappa shape index (κ2) is 10.1. The van der Waals surface area contributed by atoms with Gasteiger partial charge in [-0.05, 0) is 24.7 Å². The van der Waals surface area contributed by atoms with Crippen LogP contribution in [0.15, 0.2) is 48.5 Å². The van der Waals surface area contributed by atoms with E-state index < -0.39 is 17.9 Å². The van der Waals surface area contributed by atoms with Crippen LogP contribution in [-0.2, 0) is 4.79 Å². The number of anilines is 2. The van der Waals surface area contributed by atoms with E-state index in [9.17, 15) is 14.0 Å². The normalized spacial score (nSPS) is 15.5. The van der Waals surface area contributed by atoms with Crippen LogP contribution in [0.5, 0.6) is 0 Å². The average molecular weight is 413 g/mol. The van der Waals surface area contributed by atoms with Gasteiger partial charge in [0.2, 0.25) is 5.91 Å². The van der Waals surface area contributed by atoms with Crippen molar-refractivity contribution in [1.29, 1.82) is 0 Å². The number of rotatable bonds is 7. The summed E-state index contributed by atoms with van der Waals surface area (Å²) in [5, 5.41) is 5.38. The van der Waals surface area contributed by atoms with Crippen LogP contribution in [0.25, 0.3) is 0 Å². The molecular formula is C22H28FN5O2. The number of para-hydroxylation sites is 2. The Bertz CT molecular complexity index is 883. The molecule has 0 unspecified atom stereocenters. The minimum Gasteiger partial charge on any atom is -0.367 e. The van der Waals surface area contributed by atoms with Crippen LogP contribution in [0.1, 0.15) is 24.9 Å². The van der Waals surface area contributed by atoms with Gasteiger partial charge < -0.3 is 26.2 Å². The molecule has 0 bridgehead atoms. The Morgan fingerprint density at radius 2 is 1.73 bits per heavy atom. The second-order valence-electron chi connectivity index (χ2n) is 7.27. The number of halogens is 1. The number of nitrogens with one attached hydrogen (secondary N) is 2. The highest BCUT2D eigenvalue weighted by atomic mass is 19.1. The van der Waals surface area contributed by atoms with E-state index in [4.69, 9.17) is 5.73 Å². The molecule has 1 heterocycles. The van der Waals surface area contributed by atoms with Crippen LogP contribution in [0.3, 0.4) is 0 Å². The summed E-state index contributed by atoms with van der Waals surface area (Å²) < 4.78 is 14.2. The van der Waals surface area contributed by atoms with E-state index in [1.54, 1.807) is 12.1 Å². The van der Waals surface area contributed by atoms with Crippen LogP contribution in [0.4, 0.5) is 20.6 Å². The van der Waals surface area contributed by atoms with Gasteiger partial charge in [-0.25, -0.2) is 9.18 Å². The molecule has 1 atom stereocenters. The first-order valence-corrected chi connectivity index (χ1v) is 10.1. The van der Waals surface area contributed by atoms with Gasteiger partial charge in [0.15, 0.2) is 0 Å². The van der Waals surface area contributed by atoms with Gasteiger partial charge >= 0.3 is 6.03 Å². The highest BCUT2D eigenvalue weighted by Crippen LogP contribution is 2.28. The van der Waals surface area contributed by atoms with Gasteiger partial charge in [-0.1, -0.05) is 37.3 Å². The molecule has 0 radical (unpaired) electrons. The monoisotopic (exact) mass is 413 g/mol. The third-order valence-electron chi connectivity index (χ3n) is 5.32. The van der Waals surface area contributed by atoms with Crippen molar-refractivity contribution in [2.45, 2.75) is 19.4 Å². The van der Waals surface area contributed by atoms with E-state index in [-0.39, 0.29) is 17.9 Å². The third kappa shape index (κ3) is 5.48. The van der Waals surface area contributed by atoms with E-state index in [2.05, 4.69) is 27.4 Å². The van der Waals surface area contributed by atoms with Crippen molar-refractivity contribution in [2.75, 3.05) is 42.9 Å². The minimum atomic E-state index is -0.857. The summed E-state index contributed by atoms with van der Waals surface area (Å²) in [6, 6.07) is 12.0. The largest absolute Gasteiger partial charge is 0.367 e. The van der Waals surface area contributed by atoms with Gasteiger partial charge in [0, 0.05) is 31.7 Å². The number of urea groups is 1. The molecule has 0 saturated carbocycles. The molecule has 8 heteroatoms. The molecule has 1 saturated heterocycles. The van der Waals surface area contributed by atoms with E-state index >= 15 is 0 Å². The highest BCUT2D eigenvalue weighted by molar-refractivity contribution is 5.95. The summed E-state index contributed by atoms with van der Waals surface area (Å²) in [6.45, 7) is 6.86. The Labute approximate surface area is 176 Å².